The summed E-state index contributed by atoms with van der Waals surface area (Å²) in [5, 5.41) is 3.97. The number of amides is 3. The van der Waals surface area contributed by atoms with Gasteiger partial charge in [0.2, 0.25) is 5.91 Å². The van der Waals surface area contributed by atoms with Crippen molar-refractivity contribution in [1.29, 1.82) is 0 Å². The van der Waals surface area contributed by atoms with Crippen LogP contribution < -0.4 is 10.7 Å². The molecule has 3 amide bonds. The van der Waals surface area contributed by atoms with Gasteiger partial charge in [0.05, 0.1) is 23.2 Å². The lowest BCUT2D eigenvalue weighted by molar-refractivity contribution is -0.151. The van der Waals surface area contributed by atoms with E-state index in [1.807, 2.05) is 13.0 Å². The molecular formula is C21H19BrClN3O5. The Bertz CT molecular complexity index is 1050. The molecular weight excluding hydrogens is 490 g/mol. The van der Waals surface area contributed by atoms with Gasteiger partial charge in [-0.15, -0.1) is 0 Å². The number of anilines is 1. The SMILES string of the molecule is Cc1cccc(C(=O)NN2C[C@@H](C(=O)OCC(=O)Nc3ccc(Br)cc3Cl)CC2=O)c1. The molecule has 1 atom stereocenters. The third-order valence-electron chi connectivity index (χ3n) is 4.53. The van der Waals surface area contributed by atoms with E-state index in [0.29, 0.717) is 16.3 Å². The molecule has 1 saturated heterocycles. The van der Waals surface area contributed by atoms with Crippen LogP contribution in [0.2, 0.25) is 5.02 Å². The Hall–Kier alpha value is -2.91. The maximum Gasteiger partial charge on any atom is 0.311 e. The Morgan fingerprint density at radius 2 is 2.00 bits per heavy atom. The molecule has 0 radical (unpaired) electrons. The summed E-state index contributed by atoms with van der Waals surface area (Å²) in [4.78, 5) is 48.8. The second kappa shape index (κ2) is 9.93. The lowest BCUT2D eigenvalue weighted by Gasteiger charge is -2.17. The molecule has 2 aromatic carbocycles. The fraction of sp³-hybridized carbons (Fsp3) is 0.238. The Morgan fingerprint density at radius 3 is 2.71 bits per heavy atom. The molecule has 1 heterocycles. The number of aryl methyl sites for hydroxylation is 1. The molecule has 162 valence electrons. The number of carbonyl (C=O) groups excluding carboxylic acids is 4. The molecule has 31 heavy (non-hydrogen) atoms. The summed E-state index contributed by atoms with van der Waals surface area (Å²) in [5.74, 6) is -2.90. The first kappa shape index (κ1) is 22.8. The van der Waals surface area contributed by atoms with Crippen molar-refractivity contribution in [3.63, 3.8) is 0 Å². The van der Waals surface area contributed by atoms with Crippen LogP contribution in [0.15, 0.2) is 46.9 Å². The minimum absolute atomic E-state index is 0.0324. The van der Waals surface area contributed by atoms with Crippen LogP contribution in [0.4, 0.5) is 5.69 Å². The molecule has 1 fully saturated rings. The highest BCUT2D eigenvalue weighted by Crippen LogP contribution is 2.25. The van der Waals surface area contributed by atoms with Crippen LogP contribution in [0, 0.1) is 12.8 Å². The van der Waals surface area contributed by atoms with Gasteiger partial charge in [0.15, 0.2) is 6.61 Å². The highest BCUT2D eigenvalue weighted by atomic mass is 79.9. The Labute approximate surface area is 192 Å². The molecule has 10 heteroatoms. The molecule has 0 aliphatic carbocycles. The highest BCUT2D eigenvalue weighted by Gasteiger charge is 2.36. The third-order valence-corrected chi connectivity index (χ3v) is 5.33. The number of hydrazine groups is 1. The predicted molar refractivity (Wildman–Crippen MR) is 117 cm³/mol. The molecule has 2 N–H and O–H groups in total. The smallest absolute Gasteiger partial charge is 0.311 e. The number of benzene rings is 2. The minimum atomic E-state index is -0.783. The standard InChI is InChI=1S/C21H19BrClN3O5/c1-12-3-2-4-13(7-12)20(29)25-26-10-14(8-19(26)28)21(30)31-11-18(27)24-17-6-5-15(22)9-16(17)23/h2-7,9,14H,8,10-11H2,1H3,(H,24,27)(H,25,29)/t14-/m0/s1. The van der Waals surface area contributed by atoms with E-state index in [-0.39, 0.29) is 13.0 Å². The number of esters is 1. The van der Waals surface area contributed by atoms with Crippen molar-refractivity contribution in [3.05, 3.63) is 63.1 Å². The number of nitrogens with zero attached hydrogens (tertiary/aromatic N) is 1. The van der Waals surface area contributed by atoms with Crippen LogP contribution >= 0.6 is 27.5 Å². The van der Waals surface area contributed by atoms with Gasteiger partial charge in [0, 0.05) is 16.5 Å². The van der Waals surface area contributed by atoms with Crippen molar-refractivity contribution in [2.75, 3.05) is 18.5 Å². The van der Waals surface area contributed by atoms with Gasteiger partial charge >= 0.3 is 5.97 Å². The number of hydrogen-bond acceptors (Lipinski definition) is 5. The summed E-state index contributed by atoms with van der Waals surface area (Å²) in [6.07, 6.45) is -0.118. The summed E-state index contributed by atoms with van der Waals surface area (Å²) in [7, 11) is 0. The zero-order valence-corrected chi connectivity index (χ0v) is 18.8. The number of carbonyl (C=O) groups is 4. The molecule has 0 aromatic heterocycles. The lowest BCUT2D eigenvalue weighted by atomic mass is 10.1. The molecule has 1 aliphatic rings. The second-order valence-electron chi connectivity index (χ2n) is 7.00. The number of hydrogen-bond donors (Lipinski definition) is 2. The first-order valence-corrected chi connectivity index (χ1v) is 10.5. The van der Waals surface area contributed by atoms with E-state index in [1.165, 1.54) is 0 Å². The van der Waals surface area contributed by atoms with Gasteiger partial charge < -0.3 is 10.1 Å². The second-order valence-corrected chi connectivity index (χ2v) is 8.32. The van der Waals surface area contributed by atoms with Gasteiger partial charge in [0.25, 0.3) is 11.8 Å². The van der Waals surface area contributed by atoms with Gasteiger partial charge in [-0.3, -0.25) is 29.6 Å². The van der Waals surface area contributed by atoms with Crippen molar-refractivity contribution in [3.8, 4) is 0 Å². The van der Waals surface area contributed by atoms with E-state index in [4.69, 9.17) is 16.3 Å². The van der Waals surface area contributed by atoms with Crippen molar-refractivity contribution >= 4 is 56.9 Å². The Balaban J connectivity index is 1.49. The molecule has 3 rings (SSSR count). The summed E-state index contributed by atoms with van der Waals surface area (Å²) < 4.78 is 5.79. The van der Waals surface area contributed by atoms with Crippen molar-refractivity contribution in [2.24, 2.45) is 5.92 Å². The quantitative estimate of drug-likeness (QED) is 0.584. The van der Waals surface area contributed by atoms with Crippen LogP contribution in [0.25, 0.3) is 0 Å². The van der Waals surface area contributed by atoms with Crippen LogP contribution in [-0.4, -0.2) is 41.9 Å². The normalized spacial score (nSPS) is 15.5. The van der Waals surface area contributed by atoms with Crippen LogP contribution in [0.5, 0.6) is 0 Å². The average Bonchev–Trinajstić information content (AvgIpc) is 3.08. The van der Waals surface area contributed by atoms with Crippen molar-refractivity contribution in [1.82, 2.24) is 10.4 Å². The first-order chi connectivity index (χ1) is 14.7. The summed E-state index contributed by atoms with van der Waals surface area (Å²) >= 11 is 9.30. The monoisotopic (exact) mass is 507 g/mol. The fourth-order valence-electron chi connectivity index (χ4n) is 2.98. The van der Waals surface area contributed by atoms with Crippen molar-refractivity contribution in [2.45, 2.75) is 13.3 Å². The Kier molecular flexibility index (Phi) is 7.29. The van der Waals surface area contributed by atoms with Gasteiger partial charge in [0.1, 0.15) is 0 Å². The van der Waals surface area contributed by atoms with Crippen LogP contribution in [-0.2, 0) is 19.1 Å². The maximum atomic E-state index is 12.3. The highest BCUT2D eigenvalue weighted by molar-refractivity contribution is 9.10. The van der Waals surface area contributed by atoms with E-state index in [2.05, 4.69) is 26.7 Å². The Morgan fingerprint density at radius 1 is 1.23 bits per heavy atom. The van der Waals surface area contributed by atoms with E-state index < -0.39 is 36.2 Å². The lowest BCUT2D eigenvalue weighted by Crippen LogP contribution is -2.43. The third kappa shape index (κ3) is 6.05. The van der Waals surface area contributed by atoms with Crippen LogP contribution in [0.1, 0.15) is 22.3 Å². The zero-order valence-electron chi connectivity index (χ0n) is 16.5. The van der Waals surface area contributed by atoms with Crippen molar-refractivity contribution < 1.29 is 23.9 Å². The first-order valence-electron chi connectivity index (χ1n) is 9.32. The molecule has 1 aliphatic heterocycles. The molecule has 0 spiro atoms. The van der Waals surface area contributed by atoms with E-state index in [0.717, 1.165) is 15.0 Å². The van der Waals surface area contributed by atoms with E-state index in [9.17, 15) is 19.2 Å². The molecule has 0 saturated carbocycles. The van der Waals surface area contributed by atoms with Crippen LogP contribution in [0.3, 0.4) is 0 Å². The number of nitrogens with one attached hydrogen (secondary N) is 2. The zero-order chi connectivity index (χ0) is 22.5. The van der Waals surface area contributed by atoms with Gasteiger partial charge in [-0.1, -0.05) is 45.2 Å². The van der Waals surface area contributed by atoms with Gasteiger partial charge in [-0.2, -0.15) is 0 Å². The summed E-state index contributed by atoms with van der Waals surface area (Å²) in [6.45, 7) is 1.30. The predicted octanol–water partition coefficient (Wildman–Crippen LogP) is 3.09. The molecule has 8 nitrogen and oxygen atoms in total. The molecule has 2 aromatic rings. The molecule has 0 bridgehead atoms. The largest absolute Gasteiger partial charge is 0.455 e. The van der Waals surface area contributed by atoms with E-state index >= 15 is 0 Å². The maximum absolute atomic E-state index is 12.3. The van der Waals surface area contributed by atoms with Gasteiger partial charge in [-0.25, -0.2) is 0 Å². The van der Waals surface area contributed by atoms with Gasteiger partial charge in [-0.05, 0) is 37.3 Å². The fourth-order valence-corrected chi connectivity index (χ4v) is 3.70. The number of ether oxygens (including phenoxy) is 1. The molecule has 0 unspecified atom stereocenters. The summed E-state index contributed by atoms with van der Waals surface area (Å²) in [6, 6.07) is 11.8. The number of halogens is 2. The average molecular weight is 509 g/mol. The van der Waals surface area contributed by atoms with E-state index in [1.54, 1.807) is 36.4 Å². The number of rotatable bonds is 6. The minimum Gasteiger partial charge on any atom is -0.455 e. The topological polar surface area (TPSA) is 105 Å². The summed E-state index contributed by atoms with van der Waals surface area (Å²) in [5.41, 5.74) is 4.20.